The molecule has 2 rings (SSSR count). The number of amides is 1. The van der Waals surface area contributed by atoms with Gasteiger partial charge in [0.05, 0.1) is 32.0 Å². The second-order valence-electron chi connectivity index (χ2n) is 29.6. The summed E-state index contributed by atoms with van der Waals surface area (Å²) in [6.07, 6.45) is 84.5. The smallest absolute Gasteiger partial charge is 0.220 e. The first-order chi connectivity index (χ1) is 50.1. The van der Waals surface area contributed by atoms with Gasteiger partial charge >= 0.3 is 0 Å². The lowest BCUT2D eigenvalue weighted by molar-refractivity contribution is -0.359. The third-order valence-electron chi connectivity index (χ3n) is 20.3. The highest BCUT2D eigenvalue weighted by Crippen LogP contribution is 2.30. The van der Waals surface area contributed by atoms with Crippen molar-refractivity contribution >= 4 is 5.91 Å². The molecule has 9 N–H and O–H groups in total. The molecule has 2 heterocycles. The predicted molar refractivity (Wildman–Crippen MR) is 424 cm³/mol. The molecule has 0 aromatic heterocycles. The maximum absolute atomic E-state index is 13.4. The molecule has 14 nitrogen and oxygen atoms in total. The van der Waals surface area contributed by atoms with E-state index >= 15 is 0 Å². The van der Waals surface area contributed by atoms with Gasteiger partial charge in [0.15, 0.2) is 12.6 Å². The van der Waals surface area contributed by atoms with E-state index in [2.05, 4.69) is 116 Å². The number of rotatable bonds is 71. The van der Waals surface area contributed by atoms with E-state index < -0.39 is 86.8 Å². The lowest BCUT2D eigenvalue weighted by Crippen LogP contribution is -2.65. The molecule has 102 heavy (non-hydrogen) atoms. The largest absolute Gasteiger partial charge is 0.394 e. The third kappa shape index (κ3) is 52.8. The summed E-state index contributed by atoms with van der Waals surface area (Å²) in [5.74, 6) is -0.205. The van der Waals surface area contributed by atoms with Gasteiger partial charge in [0, 0.05) is 6.42 Å². The number of aliphatic hydroxyl groups is 8. The lowest BCUT2D eigenvalue weighted by Gasteiger charge is -2.46. The van der Waals surface area contributed by atoms with E-state index in [1.54, 1.807) is 0 Å². The molecular formula is C88H157NO13. The molecule has 14 heteroatoms. The molecule has 0 aliphatic carbocycles. The number of ether oxygens (including phenoxy) is 4. The molecule has 2 aliphatic rings. The first kappa shape index (κ1) is 95.0. The van der Waals surface area contributed by atoms with E-state index in [9.17, 15) is 45.6 Å². The van der Waals surface area contributed by atoms with Crippen LogP contribution in [0.3, 0.4) is 0 Å². The highest BCUT2D eigenvalue weighted by Gasteiger charge is 2.51. The summed E-state index contributed by atoms with van der Waals surface area (Å²) in [5.41, 5.74) is 0. The van der Waals surface area contributed by atoms with E-state index in [1.165, 1.54) is 231 Å². The van der Waals surface area contributed by atoms with Gasteiger partial charge < -0.3 is 65.1 Å². The zero-order valence-electron chi connectivity index (χ0n) is 65.1. The van der Waals surface area contributed by atoms with E-state index in [0.29, 0.717) is 12.8 Å². The summed E-state index contributed by atoms with van der Waals surface area (Å²) >= 11 is 0. The fraction of sp³-hybridized carbons (Fsp3) is 0.807. The van der Waals surface area contributed by atoms with Crippen LogP contribution in [-0.4, -0.2) is 140 Å². The lowest BCUT2D eigenvalue weighted by atomic mass is 9.97. The van der Waals surface area contributed by atoms with Crippen LogP contribution in [0.25, 0.3) is 0 Å². The van der Waals surface area contributed by atoms with Crippen molar-refractivity contribution in [2.75, 3.05) is 19.8 Å². The quantitative estimate of drug-likeness (QED) is 0.0204. The Hall–Kier alpha value is -3.09. The SMILES string of the molecule is CC/C=C\C/C=C\C/C=C\C/C=C\C/C=C\C/C=C\C/C=C\C/C=C\CCCCCCCCCCCCCCCCC(=O)NC(COC1OC(CO)C(OC2OC(CO)C(O)C(O)C2O)C(O)C1O)C(O)CCCCCCCCCCCCCCCCCCCCCCCCCCCCCCC. The second kappa shape index (κ2) is 70.9. The Labute approximate surface area is 623 Å². The van der Waals surface area contributed by atoms with Gasteiger partial charge in [-0.2, -0.15) is 0 Å². The normalized spacial score (nSPS) is 22.1. The predicted octanol–water partition coefficient (Wildman–Crippen LogP) is 20.0. The average Bonchev–Trinajstić information content (AvgIpc) is 0.790. The van der Waals surface area contributed by atoms with Gasteiger partial charge in [0.1, 0.15) is 48.8 Å². The molecule has 0 bridgehead atoms. The summed E-state index contributed by atoms with van der Waals surface area (Å²) in [7, 11) is 0. The van der Waals surface area contributed by atoms with Gasteiger partial charge in [-0.25, -0.2) is 0 Å². The second-order valence-corrected chi connectivity index (χ2v) is 29.6. The Morgan fingerprint density at radius 1 is 0.363 bits per heavy atom. The highest BCUT2D eigenvalue weighted by molar-refractivity contribution is 5.76. The van der Waals surface area contributed by atoms with E-state index in [4.69, 9.17) is 18.9 Å². The van der Waals surface area contributed by atoms with E-state index in [-0.39, 0.29) is 12.5 Å². The molecule has 0 saturated carbocycles. The number of aliphatic hydroxyl groups excluding tert-OH is 8. The maximum atomic E-state index is 13.4. The van der Waals surface area contributed by atoms with Crippen molar-refractivity contribution in [3.05, 3.63) is 97.2 Å². The molecule has 0 aromatic rings. The molecule has 12 unspecified atom stereocenters. The number of unbranched alkanes of at least 4 members (excludes halogenated alkanes) is 42. The van der Waals surface area contributed by atoms with Crippen LogP contribution in [0.1, 0.15) is 361 Å². The Morgan fingerprint density at radius 3 is 1.04 bits per heavy atom. The molecule has 0 radical (unpaired) electrons. The van der Waals surface area contributed by atoms with Gasteiger partial charge in [0.25, 0.3) is 0 Å². The Balaban J connectivity index is 1.59. The molecule has 12 atom stereocenters. The molecule has 0 spiro atoms. The number of hydrogen-bond donors (Lipinski definition) is 9. The van der Waals surface area contributed by atoms with Crippen LogP contribution in [0.4, 0.5) is 0 Å². The van der Waals surface area contributed by atoms with Crippen LogP contribution in [0, 0.1) is 0 Å². The van der Waals surface area contributed by atoms with Gasteiger partial charge in [-0.3, -0.25) is 4.79 Å². The Morgan fingerprint density at radius 2 is 0.676 bits per heavy atom. The van der Waals surface area contributed by atoms with Crippen LogP contribution in [0.15, 0.2) is 97.2 Å². The van der Waals surface area contributed by atoms with Crippen molar-refractivity contribution in [1.29, 1.82) is 0 Å². The number of allylic oxidation sites excluding steroid dienone is 16. The van der Waals surface area contributed by atoms with Gasteiger partial charge in [0.2, 0.25) is 5.91 Å². The highest BCUT2D eigenvalue weighted by atomic mass is 16.7. The van der Waals surface area contributed by atoms with Crippen LogP contribution in [0.5, 0.6) is 0 Å². The van der Waals surface area contributed by atoms with E-state index in [0.717, 1.165) is 103 Å². The first-order valence-corrected chi connectivity index (χ1v) is 42.5. The maximum Gasteiger partial charge on any atom is 0.220 e. The molecule has 2 fully saturated rings. The topological polar surface area (TPSA) is 228 Å². The monoisotopic (exact) mass is 1440 g/mol. The average molecular weight is 1440 g/mol. The third-order valence-corrected chi connectivity index (χ3v) is 20.3. The van der Waals surface area contributed by atoms with Crippen molar-refractivity contribution in [2.45, 2.75) is 434 Å². The van der Waals surface area contributed by atoms with Crippen molar-refractivity contribution in [2.24, 2.45) is 0 Å². The number of nitrogens with one attached hydrogen (secondary N) is 1. The van der Waals surface area contributed by atoms with Gasteiger partial charge in [-0.15, -0.1) is 0 Å². The summed E-state index contributed by atoms with van der Waals surface area (Å²) in [5, 5.41) is 88.0. The number of hydrogen-bond acceptors (Lipinski definition) is 13. The zero-order valence-corrected chi connectivity index (χ0v) is 65.1. The molecule has 2 saturated heterocycles. The standard InChI is InChI=1S/C88H157NO13/c1-3-5-7-9-11-13-15-17-19-21-23-25-27-29-31-33-34-35-36-37-38-39-40-41-42-44-46-48-50-52-54-56-58-60-62-64-66-68-70-72-80(93)89-76(75-99-87-85(98)83(96)86(79(74-91)101-87)102-88-84(97)82(95)81(94)78(73-90)100-88)77(92)71-69-67-65-63-61-59-57-55-53-51-49-47-45-43-32-30-28-26-24-22-20-18-16-14-12-10-8-6-4-2/h5,7,11,13,17,19,23,25,29,31,34-35,37-38,40-41,76-79,81-88,90-92,94-98H,3-4,6,8-10,12,14-16,18,20-22,24,26-28,30,32-33,36,39,42-75H2,1-2H3,(H,89,93)/b7-5-,13-11-,19-17-,25-23-,31-29-,35-34-,38-37-,41-40-. The molecular weight excluding hydrogens is 1280 g/mol. The number of carbonyl (C=O) groups excluding carboxylic acids is 1. The zero-order chi connectivity index (χ0) is 73.7. The minimum Gasteiger partial charge on any atom is -0.394 e. The molecule has 592 valence electrons. The fourth-order valence-corrected chi connectivity index (χ4v) is 13.7. The molecule has 2 aliphatic heterocycles. The van der Waals surface area contributed by atoms with Crippen molar-refractivity contribution < 1.29 is 64.6 Å². The van der Waals surface area contributed by atoms with Crippen LogP contribution in [0.2, 0.25) is 0 Å². The van der Waals surface area contributed by atoms with Crippen molar-refractivity contribution in [3.8, 4) is 0 Å². The number of carbonyl (C=O) groups is 1. The summed E-state index contributed by atoms with van der Waals surface area (Å²) in [6, 6.07) is -0.836. The minimum atomic E-state index is -1.79. The van der Waals surface area contributed by atoms with Crippen LogP contribution >= 0.6 is 0 Å². The Bertz CT molecular complexity index is 2090. The van der Waals surface area contributed by atoms with Crippen molar-refractivity contribution in [3.63, 3.8) is 0 Å². The molecule has 1 amide bonds. The van der Waals surface area contributed by atoms with Gasteiger partial charge in [-0.05, 0) is 77.0 Å². The minimum absolute atomic E-state index is 0.205. The van der Waals surface area contributed by atoms with Crippen LogP contribution in [-0.2, 0) is 23.7 Å². The van der Waals surface area contributed by atoms with Crippen LogP contribution < -0.4 is 5.32 Å². The summed E-state index contributed by atoms with van der Waals surface area (Å²) in [6.45, 7) is 2.80. The fourth-order valence-electron chi connectivity index (χ4n) is 13.7. The first-order valence-electron chi connectivity index (χ1n) is 42.5. The summed E-state index contributed by atoms with van der Waals surface area (Å²) in [4.78, 5) is 13.4. The van der Waals surface area contributed by atoms with E-state index in [1.807, 2.05) is 0 Å². The van der Waals surface area contributed by atoms with Gasteiger partial charge in [-0.1, -0.05) is 374 Å². The summed E-state index contributed by atoms with van der Waals surface area (Å²) < 4.78 is 23.0. The van der Waals surface area contributed by atoms with Crippen molar-refractivity contribution in [1.82, 2.24) is 5.32 Å². The Kier molecular flexibility index (Phi) is 66.0. The molecule has 0 aromatic carbocycles.